The van der Waals surface area contributed by atoms with Gasteiger partial charge in [-0.15, -0.1) is 0 Å². The lowest BCUT2D eigenvalue weighted by atomic mass is 9.90. The number of rotatable bonds is 7. The van der Waals surface area contributed by atoms with Gasteiger partial charge in [0.1, 0.15) is 0 Å². The number of carbonyl (C=O) groups excluding carboxylic acids is 1. The Labute approximate surface area is 111 Å². The van der Waals surface area contributed by atoms with Gasteiger partial charge in [0.15, 0.2) is 0 Å². The van der Waals surface area contributed by atoms with Crippen LogP contribution in [-0.4, -0.2) is 5.24 Å². The predicted octanol–water partition coefficient (Wildman–Crippen LogP) is 4.96. The Bertz CT molecular complexity index is 289. The molecule has 17 heavy (non-hydrogen) atoms. The van der Waals surface area contributed by atoms with E-state index in [1.54, 1.807) is 0 Å². The molecule has 2 heteroatoms. The van der Waals surface area contributed by atoms with Crippen LogP contribution in [0.25, 0.3) is 0 Å². The Kier molecular flexibility index (Phi) is 8.24. The van der Waals surface area contributed by atoms with E-state index >= 15 is 0 Å². The van der Waals surface area contributed by atoms with E-state index < -0.39 is 5.24 Å². The second-order valence-corrected chi connectivity index (χ2v) is 5.70. The van der Waals surface area contributed by atoms with Crippen molar-refractivity contribution in [2.75, 3.05) is 0 Å². The molecule has 0 saturated heterocycles. The van der Waals surface area contributed by atoms with Gasteiger partial charge < -0.3 is 0 Å². The van der Waals surface area contributed by atoms with Crippen LogP contribution in [-0.2, 0) is 4.79 Å². The fourth-order valence-corrected chi connectivity index (χ4v) is 1.67. The molecular formula is C15H25ClO. The van der Waals surface area contributed by atoms with E-state index in [4.69, 9.17) is 11.6 Å². The number of carbonyl (C=O) groups is 1. The maximum absolute atomic E-state index is 10.6. The van der Waals surface area contributed by atoms with Crippen LogP contribution in [0.15, 0.2) is 23.8 Å². The van der Waals surface area contributed by atoms with Crippen molar-refractivity contribution in [1.29, 1.82) is 0 Å². The van der Waals surface area contributed by atoms with Gasteiger partial charge in [0.05, 0.1) is 0 Å². The van der Waals surface area contributed by atoms with Crippen LogP contribution >= 0.6 is 11.6 Å². The highest BCUT2D eigenvalue weighted by Gasteiger charge is 2.08. The summed E-state index contributed by atoms with van der Waals surface area (Å²) in [6.07, 6.45) is 8.02. The van der Waals surface area contributed by atoms with Gasteiger partial charge in [-0.3, -0.25) is 4.79 Å². The van der Waals surface area contributed by atoms with Crippen molar-refractivity contribution in [1.82, 2.24) is 0 Å². The fraction of sp³-hybridized carbons (Fsp3) is 0.667. The third-order valence-corrected chi connectivity index (χ3v) is 3.35. The summed E-state index contributed by atoms with van der Waals surface area (Å²) in [7, 11) is 0. The number of halogens is 1. The maximum atomic E-state index is 10.6. The summed E-state index contributed by atoms with van der Waals surface area (Å²) in [6, 6.07) is 0. The first-order valence-corrected chi connectivity index (χ1v) is 6.76. The SMILES string of the molecule is CC(/C=C/C(C)CCC(C)C(C)C)=C\C(=O)Cl. The van der Waals surface area contributed by atoms with Gasteiger partial charge in [0.2, 0.25) is 5.24 Å². The highest BCUT2D eigenvalue weighted by Crippen LogP contribution is 2.20. The fourth-order valence-electron chi connectivity index (χ4n) is 1.50. The summed E-state index contributed by atoms with van der Waals surface area (Å²) < 4.78 is 0. The molecule has 0 radical (unpaired) electrons. The van der Waals surface area contributed by atoms with Gasteiger partial charge in [-0.25, -0.2) is 0 Å². The Balaban J connectivity index is 4.05. The molecule has 2 unspecified atom stereocenters. The third-order valence-electron chi connectivity index (χ3n) is 3.24. The summed E-state index contributed by atoms with van der Waals surface area (Å²) in [5.74, 6) is 2.07. The minimum Gasteiger partial charge on any atom is -0.276 e. The number of hydrogen-bond acceptors (Lipinski definition) is 1. The number of hydrogen-bond donors (Lipinski definition) is 0. The second kappa shape index (κ2) is 8.52. The molecule has 0 bridgehead atoms. The van der Waals surface area contributed by atoms with Crippen LogP contribution in [0.1, 0.15) is 47.5 Å². The molecule has 0 saturated carbocycles. The van der Waals surface area contributed by atoms with Crippen molar-refractivity contribution < 1.29 is 4.79 Å². The summed E-state index contributed by atoms with van der Waals surface area (Å²) in [4.78, 5) is 10.6. The van der Waals surface area contributed by atoms with Gasteiger partial charge >= 0.3 is 0 Å². The van der Waals surface area contributed by atoms with Crippen LogP contribution in [0.3, 0.4) is 0 Å². The first kappa shape index (κ1) is 16.4. The van der Waals surface area contributed by atoms with E-state index in [1.807, 2.05) is 13.0 Å². The van der Waals surface area contributed by atoms with Crippen molar-refractivity contribution in [2.45, 2.75) is 47.5 Å². The van der Waals surface area contributed by atoms with Crippen molar-refractivity contribution in [3.8, 4) is 0 Å². The van der Waals surface area contributed by atoms with E-state index in [0.717, 1.165) is 17.4 Å². The molecule has 1 nitrogen and oxygen atoms in total. The topological polar surface area (TPSA) is 17.1 Å². The smallest absolute Gasteiger partial charge is 0.245 e. The normalized spacial score (nSPS) is 16.5. The Hall–Kier alpha value is -0.560. The highest BCUT2D eigenvalue weighted by atomic mass is 35.5. The van der Waals surface area contributed by atoms with Gasteiger partial charge in [-0.1, -0.05) is 39.8 Å². The minimum absolute atomic E-state index is 0.409. The molecule has 0 fully saturated rings. The van der Waals surface area contributed by atoms with E-state index in [9.17, 15) is 4.79 Å². The average Bonchev–Trinajstić information content (AvgIpc) is 2.21. The molecule has 0 N–H and O–H groups in total. The monoisotopic (exact) mass is 256 g/mol. The van der Waals surface area contributed by atoms with Crippen LogP contribution in [0.2, 0.25) is 0 Å². The van der Waals surface area contributed by atoms with Crippen molar-refractivity contribution >= 4 is 16.8 Å². The van der Waals surface area contributed by atoms with Gasteiger partial charge in [0, 0.05) is 6.08 Å². The third kappa shape index (κ3) is 9.17. The molecule has 0 heterocycles. The van der Waals surface area contributed by atoms with Crippen LogP contribution in [0.5, 0.6) is 0 Å². The van der Waals surface area contributed by atoms with Crippen molar-refractivity contribution in [3.05, 3.63) is 23.8 Å². The Morgan fingerprint density at radius 2 is 1.76 bits per heavy atom. The predicted molar refractivity (Wildman–Crippen MR) is 76.2 cm³/mol. The summed E-state index contributed by atoms with van der Waals surface area (Å²) >= 11 is 5.28. The lowest BCUT2D eigenvalue weighted by Crippen LogP contribution is -2.05. The van der Waals surface area contributed by atoms with Crippen LogP contribution < -0.4 is 0 Å². The second-order valence-electron chi connectivity index (χ2n) is 5.33. The first-order valence-electron chi connectivity index (χ1n) is 6.39. The molecule has 0 aliphatic rings. The molecule has 0 aromatic carbocycles. The highest BCUT2D eigenvalue weighted by molar-refractivity contribution is 6.66. The molecule has 0 aliphatic carbocycles. The van der Waals surface area contributed by atoms with Crippen LogP contribution in [0, 0.1) is 17.8 Å². The molecule has 0 aromatic heterocycles. The lowest BCUT2D eigenvalue weighted by molar-refractivity contribution is -0.107. The zero-order valence-electron chi connectivity index (χ0n) is 11.7. The molecule has 0 spiro atoms. The molecule has 0 rings (SSSR count). The Morgan fingerprint density at radius 3 is 2.24 bits per heavy atom. The summed E-state index contributed by atoms with van der Waals surface area (Å²) in [5.41, 5.74) is 0.911. The minimum atomic E-state index is -0.409. The molecule has 98 valence electrons. The lowest BCUT2D eigenvalue weighted by Gasteiger charge is -2.16. The van der Waals surface area contributed by atoms with Crippen molar-refractivity contribution in [2.24, 2.45) is 17.8 Å². The van der Waals surface area contributed by atoms with E-state index in [0.29, 0.717) is 5.92 Å². The molecule has 0 aliphatic heterocycles. The standard InChI is InChI=1S/C15H25ClO/c1-11(2)14(5)9-8-12(3)6-7-13(4)10-15(16)17/h6-7,10-12,14H,8-9H2,1-5H3/b7-6+,13-10+. The van der Waals surface area contributed by atoms with E-state index in [-0.39, 0.29) is 0 Å². The van der Waals surface area contributed by atoms with Gasteiger partial charge in [-0.05, 0) is 54.7 Å². The molecular weight excluding hydrogens is 232 g/mol. The number of allylic oxidation sites excluding steroid dienone is 4. The molecule has 2 atom stereocenters. The van der Waals surface area contributed by atoms with Crippen molar-refractivity contribution in [3.63, 3.8) is 0 Å². The van der Waals surface area contributed by atoms with E-state index in [1.165, 1.54) is 18.9 Å². The molecule has 0 aromatic rings. The summed E-state index contributed by atoms with van der Waals surface area (Å²) in [6.45, 7) is 10.9. The zero-order chi connectivity index (χ0) is 13.4. The van der Waals surface area contributed by atoms with Gasteiger partial charge in [-0.2, -0.15) is 0 Å². The van der Waals surface area contributed by atoms with Crippen LogP contribution in [0.4, 0.5) is 0 Å². The Morgan fingerprint density at radius 1 is 1.18 bits per heavy atom. The zero-order valence-corrected chi connectivity index (χ0v) is 12.4. The van der Waals surface area contributed by atoms with E-state index in [2.05, 4.69) is 33.8 Å². The summed E-state index contributed by atoms with van der Waals surface area (Å²) in [5, 5.41) is -0.409. The maximum Gasteiger partial charge on any atom is 0.245 e. The average molecular weight is 257 g/mol. The molecule has 0 amide bonds. The van der Waals surface area contributed by atoms with Gasteiger partial charge in [0.25, 0.3) is 0 Å². The quantitative estimate of drug-likeness (QED) is 0.357. The first-order chi connectivity index (χ1) is 7.82. The largest absolute Gasteiger partial charge is 0.276 e.